The third kappa shape index (κ3) is 4.91. The average molecular weight is 243 g/mol. The molecule has 0 aromatic heterocycles. The first-order valence-corrected chi connectivity index (χ1v) is 6.46. The monoisotopic (exact) mass is 243 g/mol. The molecule has 5 nitrogen and oxygen atoms in total. The van der Waals surface area contributed by atoms with E-state index in [1.807, 2.05) is 0 Å². The lowest BCUT2D eigenvalue weighted by Crippen LogP contribution is -2.51. The van der Waals surface area contributed by atoms with E-state index in [2.05, 4.69) is 21.9 Å². The molecule has 2 atom stereocenters. The van der Waals surface area contributed by atoms with Crippen molar-refractivity contribution < 1.29 is 9.53 Å². The van der Waals surface area contributed by atoms with Gasteiger partial charge in [0, 0.05) is 32.2 Å². The fraction of sp³-hybridized carbons (Fsp3) is 0.917. The van der Waals surface area contributed by atoms with E-state index in [1.54, 1.807) is 0 Å². The molecular formula is C12H25N3O2. The van der Waals surface area contributed by atoms with Crippen molar-refractivity contribution in [2.75, 3.05) is 33.3 Å². The van der Waals surface area contributed by atoms with E-state index in [0.717, 1.165) is 26.1 Å². The zero-order chi connectivity index (χ0) is 12.7. The molecule has 0 radical (unpaired) electrons. The van der Waals surface area contributed by atoms with Gasteiger partial charge >= 0.3 is 6.09 Å². The topological polar surface area (TPSA) is 67.6 Å². The molecule has 1 aliphatic heterocycles. The SMILES string of the molecule is CCCC1CC(NC(=O)OC)CN(CCN)C1. The number of methoxy groups -OCH3 is 1. The Kier molecular flexibility index (Phi) is 6.29. The molecule has 100 valence electrons. The molecule has 1 aliphatic rings. The van der Waals surface area contributed by atoms with Gasteiger partial charge in [-0.15, -0.1) is 0 Å². The summed E-state index contributed by atoms with van der Waals surface area (Å²) in [4.78, 5) is 13.6. The Morgan fingerprint density at radius 3 is 2.88 bits per heavy atom. The lowest BCUT2D eigenvalue weighted by Gasteiger charge is -2.37. The van der Waals surface area contributed by atoms with E-state index in [9.17, 15) is 4.79 Å². The van der Waals surface area contributed by atoms with E-state index in [-0.39, 0.29) is 12.1 Å². The molecule has 1 fully saturated rings. The first-order chi connectivity index (χ1) is 8.19. The summed E-state index contributed by atoms with van der Waals surface area (Å²) in [6.45, 7) is 5.75. The van der Waals surface area contributed by atoms with Crippen molar-refractivity contribution in [1.82, 2.24) is 10.2 Å². The molecule has 3 N–H and O–H groups in total. The van der Waals surface area contributed by atoms with Gasteiger partial charge in [-0.25, -0.2) is 4.79 Å². The average Bonchev–Trinajstić information content (AvgIpc) is 2.29. The maximum Gasteiger partial charge on any atom is 0.407 e. The highest BCUT2D eigenvalue weighted by Crippen LogP contribution is 2.21. The number of ether oxygens (including phenoxy) is 1. The second-order valence-corrected chi connectivity index (χ2v) is 4.77. The molecule has 0 aliphatic carbocycles. The number of alkyl carbamates (subject to hydrolysis) is 1. The van der Waals surface area contributed by atoms with Gasteiger partial charge in [-0.1, -0.05) is 13.3 Å². The first kappa shape index (κ1) is 14.3. The van der Waals surface area contributed by atoms with Gasteiger partial charge in [0.15, 0.2) is 0 Å². The fourth-order valence-electron chi connectivity index (χ4n) is 2.62. The first-order valence-electron chi connectivity index (χ1n) is 6.46. The normalized spacial score (nSPS) is 25.6. The Bertz CT molecular complexity index is 222. The lowest BCUT2D eigenvalue weighted by atomic mass is 9.90. The number of amides is 1. The van der Waals surface area contributed by atoms with Crippen LogP contribution in [0.5, 0.6) is 0 Å². The Morgan fingerprint density at radius 2 is 2.29 bits per heavy atom. The molecule has 0 aromatic carbocycles. The van der Waals surface area contributed by atoms with Gasteiger partial charge in [0.1, 0.15) is 0 Å². The maximum atomic E-state index is 11.2. The number of nitrogens with one attached hydrogen (secondary N) is 1. The highest BCUT2D eigenvalue weighted by molar-refractivity contribution is 5.67. The molecule has 0 spiro atoms. The maximum absolute atomic E-state index is 11.2. The number of rotatable bonds is 5. The van der Waals surface area contributed by atoms with E-state index in [4.69, 9.17) is 5.73 Å². The molecule has 0 saturated carbocycles. The Hall–Kier alpha value is -0.810. The third-order valence-corrected chi connectivity index (χ3v) is 3.26. The van der Waals surface area contributed by atoms with Crippen molar-refractivity contribution in [3.63, 3.8) is 0 Å². The molecule has 1 heterocycles. The Labute approximate surface area is 104 Å². The van der Waals surface area contributed by atoms with Crippen LogP contribution in [0.15, 0.2) is 0 Å². The van der Waals surface area contributed by atoms with Crippen LogP contribution < -0.4 is 11.1 Å². The minimum atomic E-state index is -0.333. The summed E-state index contributed by atoms with van der Waals surface area (Å²) in [7, 11) is 1.40. The van der Waals surface area contributed by atoms with Crippen molar-refractivity contribution in [3.8, 4) is 0 Å². The number of carbonyl (C=O) groups excluding carboxylic acids is 1. The van der Waals surface area contributed by atoms with Crippen LogP contribution in [-0.4, -0.2) is 50.3 Å². The van der Waals surface area contributed by atoms with E-state index in [1.165, 1.54) is 20.0 Å². The summed E-state index contributed by atoms with van der Waals surface area (Å²) in [6.07, 6.45) is 3.11. The minimum Gasteiger partial charge on any atom is -0.453 e. The summed E-state index contributed by atoms with van der Waals surface area (Å²) in [5.74, 6) is 0.655. The van der Waals surface area contributed by atoms with Crippen molar-refractivity contribution in [2.45, 2.75) is 32.2 Å². The largest absolute Gasteiger partial charge is 0.453 e. The van der Waals surface area contributed by atoms with Crippen LogP contribution in [0.4, 0.5) is 4.79 Å². The molecule has 17 heavy (non-hydrogen) atoms. The summed E-state index contributed by atoms with van der Waals surface area (Å²) < 4.78 is 4.65. The number of nitrogens with zero attached hydrogens (tertiary/aromatic N) is 1. The second-order valence-electron chi connectivity index (χ2n) is 4.77. The van der Waals surface area contributed by atoms with Gasteiger partial charge in [0.05, 0.1) is 7.11 Å². The molecule has 2 unspecified atom stereocenters. The molecular weight excluding hydrogens is 218 g/mol. The standard InChI is InChI=1S/C12H25N3O2/c1-3-4-10-7-11(14-12(16)17-2)9-15(8-10)6-5-13/h10-11H,3-9,13H2,1-2H3,(H,14,16). The number of hydrogen-bond acceptors (Lipinski definition) is 4. The summed E-state index contributed by atoms with van der Waals surface area (Å²) in [5, 5.41) is 2.90. The van der Waals surface area contributed by atoms with Gasteiger partial charge in [-0.05, 0) is 18.8 Å². The van der Waals surface area contributed by atoms with Crippen molar-refractivity contribution in [1.29, 1.82) is 0 Å². The van der Waals surface area contributed by atoms with Crippen LogP contribution >= 0.6 is 0 Å². The van der Waals surface area contributed by atoms with E-state index in [0.29, 0.717) is 12.5 Å². The quantitative estimate of drug-likeness (QED) is 0.749. The van der Waals surface area contributed by atoms with Crippen LogP contribution in [-0.2, 0) is 4.74 Å². The minimum absolute atomic E-state index is 0.194. The number of carbonyl (C=O) groups is 1. The number of hydrogen-bond donors (Lipinski definition) is 2. The van der Waals surface area contributed by atoms with Gasteiger partial charge in [0.25, 0.3) is 0 Å². The molecule has 1 saturated heterocycles. The van der Waals surface area contributed by atoms with Crippen molar-refractivity contribution in [3.05, 3.63) is 0 Å². The van der Waals surface area contributed by atoms with Gasteiger partial charge in [0.2, 0.25) is 0 Å². The van der Waals surface area contributed by atoms with Crippen LogP contribution in [0, 0.1) is 5.92 Å². The van der Waals surface area contributed by atoms with E-state index < -0.39 is 0 Å². The predicted molar refractivity (Wildman–Crippen MR) is 67.8 cm³/mol. The van der Waals surface area contributed by atoms with E-state index >= 15 is 0 Å². The number of likely N-dealkylation sites (tertiary alicyclic amines) is 1. The number of piperidine rings is 1. The van der Waals surface area contributed by atoms with Gasteiger partial charge < -0.3 is 15.8 Å². The Morgan fingerprint density at radius 1 is 1.53 bits per heavy atom. The summed E-state index contributed by atoms with van der Waals surface area (Å²) in [6, 6.07) is 0.194. The van der Waals surface area contributed by atoms with Crippen LogP contribution in [0.1, 0.15) is 26.2 Å². The Balaban J connectivity index is 2.48. The van der Waals surface area contributed by atoms with Crippen molar-refractivity contribution >= 4 is 6.09 Å². The zero-order valence-electron chi connectivity index (χ0n) is 10.9. The molecule has 1 amide bonds. The van der Waals surface area contributed by atoms with Crippen molar-refractivity contribution in [2.24, 2.45) is 11.7 Å². The molecule has 0 aromatic rings. The summed E-state index contributed by atoms with van der Waals surface area (Å²) in [5.41, 5.74) is 5.60. The highest BCUT2D eigenvalue weighted by atomic mass is 16.5. The predicted octanol–water partition coefficient (Wildman–Crippen LogP) is 0.792. The highest BCUT2D eigenvalue weighted by Gasteiger charge is 2.27. The smallest absolute Gasteiger partial charge is 0.407 e. The number of nitrogens with two attached hydrogens (primary N) is 1. The summed E-state index contributed by atoms with van der Waals surface area (Å²) >= 11 is 0. The van der Waals surface area contributed by atoms with Gasteiger partial charge in [-0.2, -0.15) is 0 Å². The molecule has 1 rings (SSSR count). The second kappa shape index (κ2) is 7.50. The molecule has 5 heteroatoms. The van der Waals surface area contributed by atoms with Crippen LogP contribution in [0.25, 0.3) is 0 Å². The van der Waals surface area contributed by atoms with Crippen LogP contribution in [0.2, 0.25) is 0 Å². The van der Waals surface area contributed by atoms with Gasteiger partial charge in [-0.3, -0.25) is 4.90 Å². The molecule has 0 bridgehead atoms. The lowest BCUT2D eigenvalue weighted by molar-refractivity contribution is 0.123. The van der Waals surface area contributed by atoms with Crippen LogP contribution in [0.3, 0.4) is 0 Å². The third-order valence-electron chi connectivity index (χ3n) is 3.26. The fourth-order valence-corrected chi connectivity index (χ4v) is 2.62. The zero-order valence-corrected chi connectivity index (χ0v) is 10.9.